The number of nitrogens with one attached hydrogen (secondary N) is 2. The van der Waals surface area contributed by atoms with Gasteiger partial charge in [-0.25, -0.2) is 9.97 Å². The van der Waals surface area contributed by atoms with Gasteiger partial charge in [0.1, 0.15) is 11.6 Å². The number of imidazole rings is 2. The Hall–Kier alpha value is -4.73. The molecular weight excluding hydrogens is 626 g/mol. The fraction of sp³-hybridized carbons (Fsp3) is 0.475. The second-order valence-corrected chi connectivity index (χ2v) is 15.1. The number of H-pyrrole nitrogens is 2. The van der Waals surface area contributed by atoms with Crippen LogP contribution >= 0.6 is 0 Å². The van der Waals surface area contributed by atoms with Crippen LogP contribution in [0.4, 0.5) is 5.69 Å². The number of fused-ring (bicyclic) bond motifs is 1. The number of hydrogen-bond donors (Lipinski definition) is 2. The third-order valence-electron chi connectivity index (χ3n) is 11.4. The van der Waals surface area contributed by atoms with Crippen molar-refractivity contribution in [2.45, 2.75) is 85.9 Å². The van der Waals surface area contributed by atoms with Gasteiger partial charge < -0.3 is 24.7 Å². The average Bonchev–Trinajstić information content (AvgIpc) is 3.96. The predicted molar refractivity (Wildman–Crippen MR) is 194 cm³/mol. The molecule has 3 aliphatic rings. The first kappa shape index (κ1) is 33.8. The number of carbonyl (C=O) groups is 3. The van der Waals surface area contributed by atoms with Gasteiger partial charge in [0.2, 0.25) is 11.8 Å². The van der Waals surface area contributed by atoms with Gasteiger partial charge in [-0.15, -0.1) is 0 Å². The number of aromatic nitrogens is 4. The highest BCUT2D eigenvalue weighted by atomic mass is 16.2. The Labute approximate surface area is 294 Å². The van der Waals surface area contributed by atoms with E-state index in [-0.39, 0.29) is 47.6 Å². The number of hydrogen-bond acceptors (Lipinski definition) is 5. The molecule has 2 aromatic carbocycles. The molecule has 2 fully saturated rings. The summed E-state index contributed by atoms with van der Waals surface area (Å²) in [5.74, 6) is 2.55. The van der Waals surface area contributed by atoms with Crippen molar-refractivity contribution >= 4 is 23.4 Å². The first-order chi connectivity index (χ1) is 24.0. The van der Waals surface area contributed by atoms with Gasteiger partial charge in [0.25, 0.3) is 5.91 Å². The summed E-state index contributed by atoms with van der Waals surface area (Å²) in [6.07, 6.45) is 7.42. The van der Waals surface area contributed by atoms with E-state index < -0.39 is 0 Å². The van der Waals surface area contributed by atoms with Crippen LogP contribution in [-0.4, -0.2) is 60.5 Å². The highest BCUT2D eigenvalue weighted by Gasteiger charge is 2.36. The molecule has 0 radical (unpaired) electrons. The van der Waals surface area contributed by atoms with E-state index in [0.29, 0.717) is 18.0 Å². The van der Waals surface area contributed by atoms with Crippen LogP contribution in [0.3, 0.4) is 0 Å². The molecule has 4 unspecified atom stereocenters. The zero-order valence-corrected chi connectivity index (χ0v) is 30.1. The lowest BCUT2D eigenvalue weighted by atomic mass is 9.96. The van der Waals surface area contributed by atoms with Crippen LogP contribution < -0.4 is 4.90 Å². The Morgan fingerprint density at radius 3 is 1.74 bits per heavy atom. The molecule has 262 valence electrons. The van der Waals surface area contributed by atoms with Crippen molar-refractivity contribution in [3.63, 3.8) is 0 Å². The lowest BCUT2D eigenvalue weighted by molar-refractivity contribution is -0.138. The van der Waals surface area contributed by atoms with Gasteiger partial charge in [0.05, 0.1) is 42.4 Å². The Morgan fingerprint density at radius 2 is 1.22 bits per heavy atom. The number of likely N-dealkylation sites (tertiary alicyclic amines) is 2. The molecule has 3 aliphatic heterocycles. The van der Waals surface area contributed by atoms with Crippen LogP contribution in [0.25, 0.3) is 22.5 Å². The Morgan fingerprint density at radius 1 is 0.720 bits per heavy atom. The van der Waals surface area contributed by atoms with Gasteiger partial charge in [-0.1, -0.05) is 59.7 Å². The predicted octanol–water partition coefficient (Wildman–Crippen LogP) is 7.54. The number of benzene rings is 2. The van der Waals surface area contributed by atoms with Crippen LogP contribution in [0.15, 0.2) is 54.9 Å². The maximum Gasteiger partial charge on any atom is 0.258 e. The molecule has 50 heavy (non-hydrogen) atoms. The van der Waals surface area contributed by atoms with E-state index in [1.807, 2.05) is 77.3 Å². The molecule has 5 heterocycles. The van der Waals surface area contributed by atoms with E-state index >= 15 is 0 Å². The zero-order chi connectivity index (χ0) is 35.3. The second kappa shape index (κ2) is 13.5. The topological polar surface area (TPSA) is 118 Å². The second-order valence-electron chi connectivity index (χ2n) is 15.1. The minimum atomic E-state index is -0.0413. The average molecular weight is 676 g/mol. The normalized spacial score (nSPS) is 20.3. The summed E-state index contributed by atoms with van der Waals surface area (Å²) in [5.41, 5.74) is 6.22. The first-order valence-corrected chi connectivity index (χ1v) is 18.3. The van der Waals surface area contributed by atoms with E-state index in [9.17, 15) is 14.4 Å². The third-order valence-corrected chi connectivity index (χ3v) is 11.4. The van der Waals surface area contributed by atoms with Gasteiger partial charge in [-0.2, -0.15) is 0 Å². The molecule has 2 aromatic heterocycles. The monoisotopic (exact) mass is 675 g/mol. The Bertz CT molecular complexity index is 1890. The van der Waals surface area contributed by atoms with Crippen molar-refractivity contribution < 1.29 is 14.4 Å². The highest BCUT2D eigenvalue weighted by Crippen LogP contribution is 2.37. The number of carbonyl (C=O) groups excluding carboxylic acids is 3. The fourth-order valence-electron chi connectivity index (χ4n) is 7.55. The molecule has 0 spiro atoms. The standard InChI is InChI=1S/C40H49N7O3/c1-23(2)25(5)38(48)45-17-7-9-34(45)36-41-20-32(43-36)27-11-14-30(15-12-27)47-22-29-19-28(13-16-31(29)40(47)50)33-21-42-37(44-33)35-10-8-18-46(35)39(49)26(6)24(3)4/h11-16,19-21,23-26,34-35H,7-10,17-18,22H2,1-6H3,(H,41,43)(H,42,44). The number of aromatic amines is 2. The zero-order valence-electron chi connectivity index (χ0n) is 30.1. The van der Waals surface area contributed by atoms with Crippen molar-refractivity contribution in [2.24, 2.45) is 23.7 Å². The molecule has 10 heteroatoms. The van der Waals surface area contributed by atoms with Crippen molar-refractivity contribution in [3.05, 3.63) is 77.6 Å². The summed E-state index contributed by atoms with van der Waals surface area (Å²) in [6.45, 7) is 14.4. The van der Waals surface area contributed by atoms with Crippen LogP contribution in [0.1, 0.15) is 107 Å². The third kappa shape index (κ3) is 6.13. The maximum atomic E-state index is 13.5. The largest absolute Gasteiger partial charge is 0.340 e. The van der Waals surface area contributed by atoms with Gasteiger partial charge in [-0.3, -0.25) is 14.4 Å². The smallest absolute Gasteiger partial charge is 0.258 e. The van der Waals surface area contributed by atoms with Gasteiger partial charge in [-0.05, 0) is 78.5 Å². The van der Waals surface area contributed by atoms with Gasteiger partial charge in [0.15, 0.2) is 0 Å². The van der Waals surface area contributed by atoms with E-state index in [1.54, 1.807) is 0 Å². The SMILES string of the molecule is CC(C)C(C)C(=O)N1CCCC1c1ncc(-c2ccc(N3Cc4cc(-c5cnc(C6CCCN6C(=O)C(C)C(C)C)[nH]5)ccc4C3=O)cc2)[nH]1. The van der Waals surface area contributed by atoms with E-state index in [1.165, 1.54) is 0 Å². The van der Waals surface area contributed by atoms with E-state index in [2.05, 4.69) is 43.7 Å². The minimum Gasteiger partial charge on any atom is -0.340 e. The van der Waals surface area contributed by atoms with E-state index in [4.69, 9.17) is 9.97 Å². The van der Waals surface area contributed by atoms with Crippen LogP contribution in [0, 0.1) is 23.7 Å². The molecule has 7 rings (SSSR count). The molecular formula is C40H49N7O3. The van der Waals surface area contributed by atoms with Crippen molar-refractivity contribution in [1.82, 2.24) is 29.7 Å². The number of amides is 3. The van der Waals surface area contributed by atoms with Crippen LogP contribution in [0.5, 0.6) is 0 Å². The summed E-state index contributed by atoms with van der Waals surface area (Å²) in [7, 11) is 0. The molecule has 2 N–H and O–H groups in total. The number of anilines is 1. The minimum absolute atomic E-state index is 0.0190. The van der Waals surface area contributed by atoms with Crippen molar-refractivity contribution in [1.29, 1.82) is 0 Å². The van der Waals surface area contributed by atoms with Crippen molar-refractivity contribution in [2.75, 3.05) is 18.0 Å². The van der Waals surface area contributed by atoms with Gasteiger partial charge >= 0.3 is 0 Å². The molecule has 2 saturated heterocycles. The quantitative estimate of drug-likeness (QED) is 0.190. The summed E-state index contributed by atoms with van der Waals surface area (Å²) in [4.78, 5) is 62.1. The molecule has 10 nitrogen and oxygen atoms in total. The van der Waals surface area contributed by atoms with E-state index in [0.717, 1.165) is 84.2 Å². The van der Waals surface area contributed by atoms with Crippen LogP contribution in [0.2, 0.25) is 0 Å². The lowest BCUT2D eigenvalue weighted by Crippen LogP contribution is -2.36. The summed E-state index contributed by atoms with van der Waals surface area (Å²) < 4.78 is 0. The molecule has 0 bridgehead atoms. The fourth-order valence-corrected chi connectivity index (χ4v) is 7.55. The number of rotatable bonds is 9. The first-order valence-electron chi connectivity index (χ1n) is 18.3. The molecule has 4 atom stereocenters. The number of nitrogens with zero attached hydrogens (tertiary/aromatic N) is 5. The van der Waals surface area contributed by atoms with Gasteiger partial charge in [0, 0.05) is 36.2 Å². The summed E-state index contributed by atoms with van der Waals surface area (Å²) >= 11 is 0. The summed E-state index contributed by atoms with van der Waals surface area (Å²) in [6, 6.07) is 13.9. The molecule has 4 aromatic rings. The Kier molecular flexibility index (Phi) is 9.13. The highest BCUT2D eigenvalue weighted by molar-refractivity contribution is 6.10. The molecule has 0 saturated carbocycles. The molecule has 0 aliphatic carbocycles. The maximum absolute atomic E-state index is 13.5. The Balaban J connectivity index is 1.03. The van der Waals surface area contributed by atoms with Crippen molar-refractivity contribution in [3.8, 4) is 22.5 Å². The molecule has 3 amide bonds. The lowest BCUT2D eigenvalue weighted by Gasteiger charge is -2.27. The van der Waals surface area contributed by atoms with Crippen LogP contribution in [-0.2, 0) is 16.1 Å². The summed E-state index contributed by atoms with van der Waals surface area (Å²) in [5, 5.41) is 0.